The van der Waals surface area contributed by atoms with Gasteiger partial charge in [0.15, 0.2) is 0 Å². The van der Waals surface area contributed by atoms with Crippen molar-refractivity contribution in [3.05, 3.63) is 35.4 Å². The van der Waals surface area contributed by atoms with Crippen LogP contribution in [0, 0.1) is 5.92 Å². The molecule has 1 aromatic carbocycles. The number of hydrogen-bond donors (Lipinski definition) is 2. The van der Waals surface area contributed by atoms with E-state index in [0.29, 0.717) is 0 Å². The molecule has 0 aliphatic rings. The van der Waals surface area contributed by atoms with Crippen LogP contribution in [0.2, 0.25) is 0 Å². The first-order valence-electron chi connectivity index (χ1n) is 5.94. The number of carboxylic acid groups (broad SMARTS) is 2. The van der Waals surface area contributed by atoms with Crippen LogP contribution in [0.5, 0.6) is 0 Å². The van der Waals surface area contributed by atoms with Crippen molar-refractivity contribution in [2.24, 2.45) is 5.92 Å². The minimum atomic E-state index is -1.13. The average Bonchev–Trinajstić information content (AvgIpc) is 2.35. The standard InChI is InChI=1S/C12H14O4.C2H4O2/c1-8(2)7-16-12(15)10-6-4-3-5-9(10)11(13)14;1-2(3)4/h3-6,8H,7H2,1-2H3,(H,13,14);1H3,(H,3,4). The summed E-state index contributed by atoms with van der Waals surface area (Å²) in [6.07, 6.45) is 0. The molecule has 0 atom stereocenters. The van der Waals surface area contributed by atoms with Crippen LogP contribution in [0.4, 0.5) is 0 Å². The largest absolute Gasteiger partial charge is 0.481 e. The minimum absolute atomic E-state index is 0.0312. The molecule has 0 fully saturated rings. The van der Waals surface area contributed by atoms with Crippen molar-refractivity contribution >= 4 is 17.9 Å². The van der Waals surface area contributed by atoms with Crippen LogP contribution in [-0.2, 0) is 9.53 Å². The topological polar surface area (TPSA) is 101 Å². The lowest BCUT2D eigenvalue weighted by Crippen LogP contribution is -2.14. The Kier molecular flexibility index (Phi) is 7.65. The molecule has 0 aromatic heterocycles. The number of hydrogen-bond acceptors (Lipinski definition) is 4. The van der Waals surface area contributed by atoms with Gasteiger partial charge < -0.3 is 14.9 Å². The quantitative estimate of drug-likeness (QED) is 0.822. The number of ether oxygens (including phenoxy) is 1. The van der Waals surface area contributed by atoms with Crippen molar-refractivity contribution in [3.8, 4) is 0 Å². The van der Waals surface area contributed by atoms with E-state index < -0.39 is 17.9 Å². The van der Waals surface area contributed by atoms with E-state index in [1.807, 2.05) is 13.8 Å². The molecule has 0 aliphatic heterocycles. The van der Waals surface area contributed by atoms with Crippen LogP contribution >= 0.6 is 0 Å². The summed E-state index contributed by atoms with van der Waals surface area (Å²) in [5.74, 6) is -2.33. The normalized spacial score (nSPS) is 9.40. The highest BCUT2D eigenvalue weighted by Crippen LogP contribution is 2.11. The first kappa shape index (κ1) is 17.6. The van der Waals surface area contributed by atoms with E-state index >= 15 is 0 Å². The molecule has 110 valence electrons. The van der Waals surface area contributed by atoms with Gasteiger partial charge in [-0.05, 0) is 18.1 Å². The summed E-state index contributed by atoms with van der Waals surface area (Å²) >= 11 is 0. The third-order valence-electron chi connectivity index (χ3n) is 1.93. The summed E-state index contributed by atoms with van der Waals surface area (Å²) in [5, 5.41) is 16.3. The highest BCUT2D eigenvalue weighted by molar-refractivity contribution is 6.02. The first-order valence-corrected chi connectivity index (χ1v) is 5.94. The van der Waals surface area contributed by atoms with Crippen LogP contribution in [-0.4, -0.2) is 34.7 Å². The van der Waals surface area contributed by atoms with Gasteiger partial charge in [0, 0.05) is 6.92 Å². The predicted octanol–water partition coefficient (Wildman–Crippen LogP) is 2.29. The second-order valence-electron chi connectivity index (χ2n) is 4.36. The van der Waals surface area contributed by atoms with Crippen LogP contribution < -0.4 is 0 Å². The zero-order chi connectivity index (χ0) is 15.7. The highest BCUT2D eigenvalue weighted by atomic mass is 16.5. The van der Waals surface area contributed by atoms with E-state index in [9.17, 15) is 9.59 Å². The Hall–Kier alpha value is -2.37. The molecule has 0 amide bonds. The van der Waals surface area contributed by atoms with Crippen LogP contribution in [0.15, 0.2) is 24.3 Å². The molecular weight excluding hydrogens is 264 g/mol. The summed E-state index contributed by atoms with van der Waals surface area (Å²) < 4.78 is 4.98. The van der Waals surface area contributed by atoms with E-state index in [1.54, 1.807) is 12.1 Å². The maximum atomic E-state index is 11.6. The molecule has 0 saturated heterocycles. The summed E-state index contributed by atoms with van der Waals surface area (Å²) in [5.41, 5.74) is 0.0620. The van der Waals surface area contributed by atoms with Crippen molar-refractivity contribution in [2.45, 2.75) is 20.8 Å². The lowest BCUT2D eigenvalue weighted by molar-refractivity contribution is -0.134. The Morgan fingerprint density at radius 1 is 1.10 bits per heavy atom. The van der Waals surface area contributed by atoms with Gasteiger partial charge in [0.25, 0.3) is 5.97 Å². The van der Waals surface area contributed by atoms with Gasteiger partial charge in [0.1, 0.15) is 0 Å². The maximum absolute atomic E-state index is 11.6. The molecular formula is C14H18O6. The summed E-state index contributed by atoms with van der Waals surface area (Å²) in [6, 6.07) is 6.02. The van der Waals surface area contributed by atoms with E-state index in [1.165, 1.54) is 12.1 Å². The molecule has 0 aliphatic carbocycles. The number of carbonyl (C=O) groups excluding carboxylic acids is 1. The third kappa shape index (κ3) is 7.15. The molecule has 1 rings (SSSR count). The SMILES string of the molecule is CC(=O)O.CC(C)COC(=O)c1ccccc1C(=O)O. The molecule has 0 saturated carbocycles. The van der Waals surface area contributed by atoms with Crippen LogP contribution in [0.1, 0.15) is 41.5 Å². The lowest BCUT2D eigenvalue weighted by atomic mass is 10.1. The Labute approximate surface area is 117 Å². The Balaban J connectivity index is 0.000000796. The number of aliphatic carboxylic acids is 1. The van der Waals surface area contributed by atoms with Crippen LogP contribution in [0.3, 0.4) is 0 Å². The second-order valence-corrected chi connectivity index (χ2v) is 4.36. The van der Waals surface area contributed by atoms with Gasteiger partial charge in [0.2, 0.25) is 0 Å². The lowest BCUT2D eigenvalue weighted by Gasteiger charge is -2.08. The zero-order valence-corrected chi connectivity index (χ0v) is 11.6. The summed E-state index contributed by atoms with van der Waals surface area (Å²) in [6.45, 7) is 5.19. The van der Waals surface area contributed by atoms with E-state index in [0.717, 1.165) is 6.92 Å². The number of esters is 1. The Bertz CT molecular complexity index is 474. The number of rotatable bonds is 4. The molecule has 0 unspecified atom stereocenters. The van der Waals surface area contributed by atoms with Gasteiger partial charge in [-0.15, -0.1) is 0 Å². The van der Waals surface area contributed by atoms with Gasteiger partial charge >= 0.3 is 11.9 Å². The predicted molar refractivity (Wildman–Crippen MR) is 71.8 cm³/mol. The zero-order valence-electron chi connectivity index (χ0n) is 11.6. The molecule has 6 heteroatoms. The molecule has 0 heterocycles. The van der Waals surface area contributed by atoms with Gasteiger partial charge in [-0.25, -0.2) is 9.59 Å². The molecule has 1 aromatic rings. The number of aromatic carboxylic acids is 1. The van der Waals surface area contributed by atoms with Crippen molar-refractivity contribution in [1.29, 1.82) is 0 Å². The molecule has 0 radical (unpaired) electrons. The fourth-order valence-electron chi connectivity index (χ4n) is 1.17. The Morgan fingerprint density at radius 3 is 1.95 bits per heavy atom. The summed E-state index contributed by atoms with van der Waals surface area (Å²) in [4.78, 5) is 31.4. The van der Waals surface area contributed by atoms with Gasteiger partial charge in [-0.1, -0.05) is 26.0 Å². The molecule has 6 nitrogen and oxygen atoms in total. The van der Waals surface area contributed by atoms with Crippen molar-refractivity contribution in [2.75, 3.05) is 6.61 Å². The highest BCUT2D eigenvalue weighted by Gasteiger charge is 2.16. The second kappa shape index (κ2) is 8.68. The third-order valence-corrected chi connectivity index (χ3v) is 1.93. The molecule has 20 heavy (non-hydrogen) atoms. The molecule has 0 bridgehead atoms. The maximum Gasteiger partial charge on any atom is 0.339 e. The molecule has 2 N–H and O–H groups in total. The molecule has 0 spiro atoms. The number of carboxylic acids is 2. The van der Waals surface area contributed by atoms with E-state index in [-0.39, 0.29) is 23.7 Å². The summed E-state index contributed by atoms with van der Waals surface area (Å²) in [7, 11) is 0. The monoisotopic (exact) mass is 282 g/mol. The van der Waals surface area contributed by atoms with Crippen molar-refractivity contribution in [1.82, 2.24) is 0 Å². The van der Waals surface area contributed by atoms with Gasteiger partial charge in [-0.2, -0.15) is 0 Å². The van der Waals surface area contributed by atoms with E-state index in [2.05, 4.69) is 0 Å². The first-order chi connectivity index (χ1) is 9.25. The smallest absolute Gasteiger partial charge is 0.339 e. The van der Waals surface area contributed by atoms with Crippen LogP contribution in [0.25, 0.3) is 0 Å². The number of carbonyl (C=O) groups is 3. The van der Waals surface area contributed by atoms with Gasteiger partial charge in [-0.3, -0.25) is 4.79 Å². The minimum Gasteiger partial charge on any atom is -0.481 e. The van der Waals surface area contributed by atoms with Crippen molar-refractivity contribution in [3.63, 3.8) is 0 Å². The fraction of sp³-hybridized carbons (Fsp3) is 0.357. The van der Waals surface area contributed by atoms with Crippen molar-refractivity contribution < 1.29 is 29.3 Å². The van der Waals surface area contributed by atoms with E-state index in [4.69, 9.17) is 19.7 Å². The van der Waals surface area contributed by atoms with Gasteiger partial charge in [0.05, 0.1) is 17.7 Å². The average molecular weight is 282 g/mol. The fourth-order valence-corrected chi connectivity index (χ4v) is 1.17. The number of benzene rings is 1. The Morgan fingerprint density at radius 2 is 1.55 bits per heavy atom.